The van der Waals surface area contributed by atoms with Crippen LogP contribution < -0.4 is 11.3 Å². The highest BCUT2D eigenvalue weighted by atomic mass is 15.4. The van der Waals surface area contributed by atoms with Crippen molar-refractivity contribution >= 4 is 5.96 Å². The molecule has 1 aromatic carbocycles. The summed E-state index contributed by atoms with van der Waals surface area (Å²) < 4.78 is 0. The van der Waals surface area contributed by atoms with Gasteiger partial charge in [-0.15, -0.1) is 0 Å². The summed E-state index contributed by atoms with van der Waals surface area (Å²) >= 11 is 0. The Morgan fingerprint density at radius 3 is 2.41 bits per heavy atom. The summed E-state index contributed by atoms with van der Waals surface area (Å²) in [5.41, 5.74) is 5.43. The Morgan fingerprint density at radius 1 is 1.35 bits per heavy atom. The third-order valence-corrected chi connectivity index (χ3v) is 2.88. The molecule has 17 heavy (non-hydrogen) atoms. The maximum atomic E-state index is 5.55. The van der Waals surface area contributed by atoms with E-state index >= 15 is 0 Å². The number of nitrogens with zero attached hydrogens (tertiary/aromatic N) is 2. The van der Waals surface area contributed by atoms with E-state index in [2.05, 4.69) is 53.4 Å². The van der Waals surface area contributed by atoms with E-state index in [9.17, 15) is 0 Å². The van der Waals surface area contributed by atoms with Gasteiger partial charge in [-0.2, -0.15) is 0 Å². The van der Waals surface area contributed by atoms with Crippen molar-refractivity contribution < 1.29 is 0 Å². The zero-order valence-corrected chi connectivity index (χ0v) is 10.5. The smallest absolute Gasteiger partial charge is 0.209 e. The summed E-state index contributed by atoms with van der Waals surface area (Å²) in [4.78, 5) is 6.69. The lowest BCUT2D eigenvalue weighted by atomic mass is 10.1. The minimum Gasteiger partial charge on any atom is -0.333 e. The molecule has 0 atom stereocenters. The second-order valence-electron chi connectivity index (χ2n) is 4.83. The second kappa shape index (κ2) is 5.19. The van der Waals surface area contributed by atoms with Gasteiger partial charge in [-0.3, -0.25) is 10.4 Å². The molecule has 1 aliphatic rings. The zero-order valence-electron chi connectivity index (χ0n) is 10.5. The highest BCUT2D eigenvalue weighted by Gasteiger charge is 2.20. The molecule has 4 nitrogen and oxygen atoms in total. The fourth-order valence-electron chi connectivity index (χ4n) is 1.99. The first-order valence-electron chi connectivity index (χ1n) is 6.03. The number of fused-ring (bicyclic) bond motifs is 1. The molecule has 0 amide bonds. The van der Waals surface area contributed by atoms with Crippen LogP contribution in [0, 0.1) is 5.92 Å². The first kappa shape index (κ1) is 11.9. The SMILES string of the molecule is CC(C)CN=C(NN)N1Cc2ccccc2C1. The van der Waals surface area contributed by atoms with Crippen molar-refractivity contribution in [3.63, 3.8) is 0 Å². The third-order valence-electron chi connectivity index (χ3n) is 2.88. The number of aliphatic imine (C=N–C) groups is 1. The van der Waals surface area contributed by atoms with Crippen LogP contribution >= 0.6 is 0 Å². The molecule has 0 radical (unpaired) electrons. The van der Waals surface area contributed by atoms with E-state index in [1.54, 1.807) is 0 Å². The first-order valence-corrected chi connectivity index (χ1v) is 6.03. The van der Waals surface area contributed by atoms with Gasteiger partial charge in [0, 0.05) is 19.6 Å². The van der Waals surface area contributed by atoms with Gasteiger partial charge in [-0.05, 0) is 17.0 Å². The summed E-state index contributed by atoms with van der Waals surface area (Å²) in [6.07, 6.45) is 0. The molecule has 1 aromatic rings. The molecule has 0 unspecified atom stereocenters. The Morgan fingerprint density at radius 2 is 1.94 bits per heavy atom. The molecule has 4 heteroatoms. The summed E-state index contributed by atoms with van der Waals surface area (Å²) in [5.74, 6) is 6.88. The number of benzene rings is 1. The van der Waals surface area contributed by atoms with Gasteiger partial charge >= 0.3 is 0 Å². The van der Waals surface area contributed by atoms with Crippen molar-refractivity contribution in [1.29, 1.82) is 0 Å². The summed E-state index contributed by atoms with van der Waals surface area (Å²) in [7, 11) is 0. The maximum Gasteiger partial charge on any atom is 0.209 e. The van der Waals surface area contributed by atoms with Gasteiger partial charge in [0.2, 0.25) is 5.96 Å². The van der Waals surface area contributed by atoms with Crippen LogP contribution in [0.3, 0.4) is 0 Å². The van der Waals surface area contributed by atoms with Gasteiger partial charge in [0.15, 0.2) is 0 Å². The molecule has 1 heterocycles. The maximum absolute atomic E-state index is 5.55. The Labute approximate surface area is 102 Å². The van der Waals surface area contributed by atoms with E-state index in [0.29, 0.717) is 5.92 Å². The highest BCUT2D eigenvalue weighted by Crippen LogP contribution is 2.21. The van der Waals surface area contributed by atoms with Gasteiger partial charge in [-0.25, -0.2) is 5.84 Å². The van der Waals surface area contributed by atoms with Crippen LogP contribution in [-0.2, 0) is 13.1 Å². The monoisotopic (exact) mass is 232 g/mol. The number of rotatable bonds is 2. The topological polar surface area (TPSA) is 53.6 Å². The molecule has 0 aliphatic carbocycles. The molecule has 0 aromatic heterocycles. The average Bonchev–Trinajstić information content (AvgIpc) is 2.72. The lowest BCUT2D eigenvalue weighted by Gasteiger charge is -2.19. The highest BCUT2D eigenvalue weighted by molar-refractivity contribution is 5.80. The molecule has 0 fully saturated rings. The lowest BCUT2D eigenvalue weighted by Crippen LogP contribution is -2.42. The summed E-state index contributed by atoms with van der Waals surface area (Å²) in [5, 5.41) is 0. The van der Waals surface area contributed by atoms with Crippen LogP contribution in [0.1, 0.15) is 25.0 Å². The van der Waals surface area contributed by atoms with Gasteiger partial charge in [0.1, 0.15) is 0 Å². The molecule has 0 saturated heterocycles. The van der Waals surface area contributed by atoms with Gasteiger partial charge in [-0.1, -0.05) is 38.1 Å². The molecular formula is C13H20N4. The van der Waals surface area contributed by atoms with Gasteiger partial charge in [0.25, 0.3) is 0 Å². The van der Waals surface area contributed by atoms with Gasteiger partial charge < -0.3 is 4.90 Å². The standard InChI is InChI=1S/C13H20N4/c1-10(2)7-15-13(16-14)17-8-11-5-3-4-6-12(11)9-17/h3-6,10H,7-9,14H2,1-2H3,(H,15,16). The van der Waals surface area contributed by atoms with Crippen LogP contribution in [-0.4, -0.2) is 17.4 Å². The van der Waals surface area contributed by atoms with Crippen molar-refractivity contribution in [2.45, 2.75) is 26.9 Å². The van der Waals surface area contributed by atoms with Crippen LogP contribution in [0.4, 0.5) is 0 Å². The number of hydrogen-bond donors (Lipinski definition) is 2. The van der Waals surface area contributed by atoms with E-state index < -0.39 is 0 Å². The van der Waals surface area contributed by atoms with Crippen LogP contribution in [0.5, 0.6) is 0 Å². The molecule has 2 rings (SSSR count). The predicted molar refractivity (Wildman–Crippen MR) is 70.2 cm³/mol. The molecule has 0 saturated carbocycles. The molecule has 0 bridgehead atoms. The predicted octanol–water partition coefficient (Wildman–Crippen LogP) is 1.48. The van der Waals surface area contributed by atoms with Crippen molar-refractivity contribution in [3.05, 3.63) is 35.4 Å². The number of guanidine groups is 1. The number of nitrogens with one attached hydrogen (secondary N) is 1. The van der Waals surface area contributed by atoms with Crippen molar-refractivity contribution in [2.75, 3.05) is 6.54 Å². The first-order chi connectivity index (χ1) is 8.20. The minimum absolute atomic E-state index is 0.545. The second-order valence-corrected chi connectivity index (χ2v) is 4.83. The van der Waals surface area contributed by atoms with E-state index in [1.807, 2.05) is 0 Å². The number of nitrogens with two attached hydrogens (primary N) is 1. The Hall–Kier alpha value is -1.55. The van der Waals surface area contributed by atoms with E-state index in [1.165, 1.54) is 11.1 Å². The Balaban J connectivity index is 2.08. The molecular weight excluding hydrogens is 212 g/mol. The van der Waals surface area contributed by atoms with Gasteiger partial charge in [0.05, 0.1) is 0 Å². The average molecular weight is 232 g/mol. The fraction of sp³-hybridized carbons (Fsp3) is 0.462. The molecule has 1 aliphatic heterocycles. The number of hydrogen-bond acceptors (Lipinski definition) is 2. The summed E-state index contributed by atoms with van der Waals surface area (Å²) in [6, 6.07) is 8.46. The third kappa shape index (κ3) is 2.77. The quantitative estimate of drug-likeness (QED) is 0.351. The largest absolute Gasteiger partial charge is 0.333 e. The fourth-order valence-corrected chi connectivity index (χ4v) is 1.99. The van der Waals surface area contributed by atoms with Crippen LogP contribution in [0.15, 0.2) is 29.3 Å². The Kier molecular flexibility index (Phi) is 3.64. The van der Waals surface area contributed by atoms with Crippen molar-refractivity contribution in [3.8, 4) is 0 Å². The van der Waals surface area contributed by atoms with Crippen molar-refractivity contribution in [2.24, 2.45) is 16.8 Å². The van der Waals surface area contributed by atoms with Crippen LogP contribution in [0.25, 0.3) is 0 Å². The Bertz CT molecular complexity index is 387. The minimum atomic E-state index is 0.545. The zero-order chi connectivity index (χ0) is 12.3. The van der Waals surface area contributed by atoms with E-state index in [4.69, 9.17) is 5.84 Å². The molecule has 92 valence electrons. The molecule has 3 N–H and O–H groups in total. The summed E-state index contributed by atoms with van der Waals surface area (Å²) in [6.45, 7) is 6.87. The lowest BCUT2D eigenvalue weighted by molar-refractivity contribution is 0.425. The van der Waals surface area contributed by atoms with E-state index in [-0.39, 0.29) is 0 Å². The van der Waals surface area contributed by atoms with Crippen molar-refractivity contribution in [1.82, 2.24) is 10.3 Å². The van der Waals surface area contributed by atoms with E-state index in [0.717, 1.165) is 25.6 Å². The normalized spacial score (nSPS) is 15.3. The van der Waals surface area contributed by atoms with Crippen LogP contribution in [0.2, 0.25) is 0 Å². The molecule has 0 spiro atoms. The number of hydrazine groups is 1.